The number of hydrogen-bond donors (Lipinski definition) is 2. The van der Waals surface area contributed by atoms with Gasteiger partial charge in [0.15, 0.2) is 0 Å². The highest BCUT2D eigenvalue weighted by atomic mass is 35.5. The molecule has 0 unspecified atom stereocenters. The largest absolute Gasteiger partial charge is 0.349 e. The molecule has 0 bridgehead atoms. The Labute approximate surface area is 147 Å². The van der Waals surface area contributed by atoms with Crippen LogP contribution in [0.4, 0.5) is 0 Å². The monoisotopic (exact) mass is 346 g/mol. The average molecular weight is 347 g/mol. The first-order valence-electron chi connectivity index (χ1n) is 8.35. The van der Waals surface area contributed by atoms with Crippen molar-refractivity contribution in [1.82, 2.24) is 20.4 Å². The molecule has 24 heavy (non-hydrogen) atoms. The van der Waals surface area contributed by atoms with Crippen LogP contribution in [-0.4, -0.2) is 34.8 Å². The minimum absolute atomic E-state index is 0.0256. The molecule has 5 nitrogen and oxygen atoms in total. The van der Waals surface area contributed by atoms with Gasteiger partial charge in [-0.15, -0.1) is 0 Å². The third-order valence-electron chi connectivity index (χ3n) is 4.56. The number of halogens is 1. The van der Waals surface area contributed by atoms with Crippen molar-refractivity contribution in [1.29, 1.82) is 0 Å². The molecule has 3 rings (SSSR count). The van der Waals surface area contributed by atoms with Crippen LogP contribution in [0.2, 0.25) is 5.02 Å². The minimum Gasteiger partial charge on any atom is -0.349 e. The standard InChI is InChI=1S/C18H23ClN4O/c1-12-17(18(24)21-15-7-9-20-10-8-15)13(2)23(22-12)11-14-5-3-4-6-16(14)19/h3-6,15,20H,7-11H2,1-2H3,(H,21,24). The van der Waals surface area contributed by atoms with Gasteiger partial charge in [0.25, 0.3) is 5.91 Å². The second-order valence-electron chi connectivity index (χ2n) is 6.29. The number of carbonyl (C=O) groups is 1. The molecule has 0 atom stereocenters. The summed E-state index contributed by atoms with van der Waals surface area (Å²) in [7, 11) is 0. The Kier molecular flexibility index (Phi) is 5.21. The van der Waals surface area contributed by atoms with Crippen LogP contribution in [0.15, 0.2) is 24.3 Å². The Morgan fingerprint density at radius 2 is 2.04 bits per heavy atom. The van der Waals surface area contributed by atoms with Gasteiger partial charge >= 0.3 is 0 Å². The number of nitrogens with one attached hydrogen (secondary N) is 2. The third kappa shape index (κ3) is 3.62. The fourth-order valence-corrected chi connectivity index (χ4v) is 3.39. The van der Waals surface area contributed by atoms with Crippen LogP contribution >= 0.6 is 11.6 Å². The highest BCUT2D eigenvalue weighted by molar-refractivity contribution is 6.31. The van der Waals surface area contributed by atoms with E-state index in [1.54, 1.807) is 0 Å². The molecule has 1 aliphatic rings. The number of rotatable bonds is 4. The predicted molar refractivity (Wildman–Crippen MR) is 95.6 cm³/mol. The lowest BCUT2D eigenvalue weighted by atomic mass is 10.1. The fraction of sp³-hybridized carbons (Fsp3) is 0.444. The Morgan fingerprint density at radius 1 is 1.33 bits per heavy atom. The van der Waals surface area contributed by atoms with Crippen molar-refractivity contribution in [3.05, 3.63) is 51.8 Å². The van der Waals surface area contributed by atoms with E-state index in [4.69, 9.17) is 11.6 Å². The van der Waals surface area contributed by atoms with E-state index in [2.05, 4.69) is 15.7 Å². The number of amides is 1. The van der Waals surface area contributed by atoms with Crippen LogP contribution < -0.4 is 10.6 Å². The highest BCUT2D eigenvalue weighted by Crippen LogP contribution is 2.20. The molecule has 1 amide bonds. The van der Waals surface area contributed by atoms with E-state index in [1.807, 2.05) is 42.8 Å². The van der Waals surface area contributed by atoms with E-state index in [0.717, 1.165) is 42.9 Å². The molecule has 2 aromatic rings. The smallest absolute Gasteiger partial charge is 0.255 e. The van der Waals surface area contributed by atoms with Crippen LogP contribution in [0.3, 0.4) is 0 Å². The first-order valence-corrected chi connectivity index (χ1v) is 8.73. The van der Waals surface area contributed by atoms with Gasteiger partial charge in [0, 0.05) is 16.8 Å². The minimum atomic E-state index is -0.0256. The van der Waals surface area contributed by atoms with E-state index in [-0.39, 0.29) is 11.9 Å². The Balaban J connectivity index is 1.78. The molecule has 0 saturated carbocycles. The quantitative estimate of drug-likeness (QED) is 0.894. The molecule has 2 N–H and O–H groups in total. The van der Waals surface area contributed by atoms with Crippen molar-refractivity contribution < 1.29 is 4.79 Å². The normalized spacial score (nSPS) is 15.5. The molecular formula is C18H23ClN4O. The molecule has 2 heterocycles. The zero-order valence-electron chi connectivity index (χ0n) is 14.1. The maximum absolute atomic E-state index is 12.7. The number of hydrogen-bond acceptors (Lipinski definition) is 3. The van der Waals surface area contributed by atoms with Gasteiger partial charge in [-0.25, -0.2) is 0 Å². The zero-order chi connectivity index (χ0) is 17.1. The van der Waals surface area contributed by atoms with Gasteiger partial charge < -0.3 is 10.6 Å². The second kappa shape index (κ2) is 7.36. The summed E-state index contributed by atoms with van der Waals surface area (Å²) in [6, 6.07) is 7.95. The maximum atomic E-state index is 12.7. The van der Waals surface area contributed by atoms with E-state index < -0.39 is 0 Å². The van der Waals surface area contributed by atoms with Gasteiger partial charge in [0.05, 0.1) is 17.8 Å². The zero-order valence-corrected chi connectivity index (χ0v) is 14.9. The molecule has 0 radical (unpaired) electrons. The summed E-state index contributed by atoms with van der Waals surface area (Å²) in [5.74, 6) is -0.0256. The van der Waals surface area contributed by atoms with Crippen molar-refractivity contribution in [2.45, 2.75) is 39.3 Å². The van der Waals surface area contributed by atoms with Crippen LogP contribution in [0.25, 0.3) is 0 Å². The van der Waals surface area contributed by atoms with Crippen LogP contribution in [-0.2, 0) is 6.54 Å². The number of aromatic nitrogens is 2. The molecule has 6 heteroatoms. The molecule has 1 aromatic carbocycles. The lowest BCUT2D eigenvalue weighted by Crippen LogP contribution is -2.43. The van der Waals surface area contributed by atoms with E-state index in [9.17, 15) is 4.79 Å². The second-order valence-corrected chi connectivity index (χ2v) is 6.70. The van der Waals surface area contributed by atoms with Crippen molar-refractivity contribution in [3.8, 4) is 0 Å². The summed E-state index contributed by atoms with van der Waals surface area (Å²) in [6.45, 7) is 6.29. The number of aryl methyl sites for hydroxylation is 1. The van der Waals surface area contributed by atoms with Crippen molar-refractivity contribution in [3.63, 3.8) is 0 Å². The third-order valence-corrected chi connectivity index (χ3v) is 4.93. The lowest BCUT2D eigenvalue weighted by Gasteiger charge is -2.23. The van der Waals surface area contributed by atoms with Crippen molar-refractivity contribution in [2.75, 3.05) is 13.1 Å². The summed E-state index contributed by atoms with van der Waals surface area (Å²) in [5.41, 5.74) is 3.31. The van der Waals surface area contributed by atoms with E-state index >= 15 is 0 Å². The van der Waals surface area contributed by atoms with Crippen molar-refractivity contribution in [2.24, 2.45) is 0 Å². The predicted octanol–water partition coefficient (Wildman–Crippen LogP) is 2.68. The van der Waals surface area contributed by atoms with E-state index in [1.165, 1.54) is 0 Å². The van der Waals surface area contributed by atoms with Crippen LogP contribution in [0.1, 0.15) is 40.2 Å². The molecule has 0 spiro atoms. The van der Waals surface area contributed by atoms with Crippen molar-refractivity contribution >= 4 is 17.5 Å². The Hall–Kier alpha value is -1.85. The van der Waals surface area contributed by atoms with Gasteiger partial charge in [-0.1, -0.05) is 29.8 Å². The first kappa shape index (κ1) is 17.0. The number of nitrogens with zero attached hydrogens (tertiary/aromatic N) is 2. The number of benzene rings is 1. The maximum Gasteiger partial charge on any atom is 0.255 e. The lowest BCUT2D eigenvalue weighted by molar-refractivity contribution is 0.0928. The fourth-order valence-electron chi connectivity index (χ4n) is 3.19. The summed E-state index contributed by atoms with van der Waals surface area (Å²) < 4.78 is 1.86. The highest BCUT2D eigenvalue weighted by Gasteiger charge is 2.22. The number of carbonyl (C=O) groups excluding carboxylic acids is 1. The van der Waals surface area contributed by atoms with Crippen LogP contribution in [0.5, 0.6) is 0 Å². The summed E-state index contributed by atoms with van der Waals surface area (Å²) in [4.78, 5) is 12.7. The molecule has 0 aliphatic carbocycles. The summed E-state index contributed by atoms with van der Waals surface area (Å²) in [6.07, 6.45) is 1.94. The molecule has 1 aromatic heterocycles. The first-order chi connectivity index (χ1) is 11.6. The van der Waals surface area contributed by atoms with Gasteiger partial charge in [-0.2, -0.15) is 5.10 Å². The summed E-state index contributed by atoms with van der Waals surface area (Å²) in [5, 5.41) is 11.7. The van der Waals surface area contributed by atoms with Gasteiger partial charge in [0.1, 0.15) is 0 Å². The SMILES string of the molecule is Cc1nn(Cc2ccccc2Cl)c(C)c1C(=O)NC1CCNCC1. The topological polar surface area (TPSA) is 59.0 Å². The van der Waals surface area contributed by atoms with Crippen LogP contribution in [0, 0.1) is 13.8 Å². The Morgan fingerprint density at radius 3 is 2.75 bits per heavy atom. The molecule has 1 fully saturated rings. The number of piperidine rings is 1. The molecule has 128 valence electrons. The summed E-state index contributed by atoms with van der Waals surface area (Å²) >= 11 is 6.24. The van der Waals surface area contributed by atoms with E-state index in [0.29, 0.717) is 17.1 Å². The molecule has 1 saturated heterocycles. The van der Waals surface area contributed by atoms with Gasteiger partial charge in [0.2, 0.25) is 0 Å². The average Bonchev–Trinajstić information content (AvgIpc) is 2.84. The molecular weight excluding hydrogens is 324 g/mol. The van der Waals surface area contributed by atoms with Gasteiger partial charge in [-0.3, -0.25) is 9.48 Å². The Bertz CT molecular complexity index is 735. The molecule has 1 aliphatic heterocycles. The van der Waals surface area contributed by atoms with Gasteiger partial charge in [-0.05, 0) is 51.4 Å².